The van der Waals surface area contributed by atoms with Crippen LogP contribution in [0.25, 0.3) is 5.03 Å². The van der Waals surface area contributed by atoms with Crippen LogP contribution in [0.1, 0.15) is 19.4 Å². The molecule has 0 bridgehead atoms. The molecule has 0 aliphatic heterocycles. The van der Waals surface area contributed by atoms with Gasteiger partial charge in [0.05, 0.1) is 0 Å². The Bertz CT molecular complexity index is 454. The Morgan fingerprint density at radius 3 is 2.11 bits per heavy atom. The summed E-state index contributed by atoms with van der Waals surface area (Å²) in [6.45, 7) is 3.87. The van der Waals surface area contributed by atoms with Crippen molar-refractivity contribution in [2.75, 3.05) is 0 Å². The Morgan fingerprint density at radius 2 is 1.67 bits per heavy atom. The lowest BCUT2D eigenvalue weighted by molar-refractivity contribution is -0.0328. The van der Waals surface area contributed by atoms with E-state index in [1.165, 1.54) is 12.1 Å². The minimum Gasteiger partial charge on any atom is -0.160 e. The average molecular weight is 293 g/mol. The van der Waals surface area contributed by atoms with Crippen molar-refractivity contribution in [3.05, 3.63) is 47.6 Å². The smallest absolute Gasteiger partial charge is 0.160 e. The van der Waals surface area contributed by atoms with Crippen LogP contribution in [0.2, 0.25) is 0 Å². The molecule has 0 spiro atoms. The van der Waals surface area contributed by atoms with Gasteiger partial charge in [0.2, 0.25) is 0 Å². The third-order valence-electron chi connectivity index (χ3n) is 1.93. The second-order valence-corrected chi connectivity index (χ2v) is 5.38. The largest absolute Gasteiger partial charge is 0.446 e. The molecule has 18 heavy (non-hydrogen) atoms. The molecule has 0 radical (unpaired) electrons. The van der Waals surface area contributed by atoms with Crippen LogP contribution in [0, 0.1) is 0 Å². The molecule has 0 unspecified atom stereocenters. The van der Waals surface area contributed by atoms with Crippen LogP contribution in [0.15, 0.2) is 46.9 Å². The highest BCUT2D eigenvalue weighted by atomic mass is 35.5. The lowest BCUT2D eigenvalue weighted by Gasteiger charge is -2.06. The molecule has 0 atom stereocenters. The van der Waals surface area contributed by atoms with Gasteiger partial charge in [0, 0.05) is 9.93 Å². The summed E-state index contributed by atoms with van der Waals surface area (Å²) in [5.41, 5.74) is -2.47. The Morgan fingerprint density at radius 1 is 1.11 bits per heavy atom. The standard InChI is InChI=1S/C13H12ClF3S/c1-9(2)3-8-12(14)10-4-6-11(7-5-10)18-13(15,16)17/h3-8H,1-2H3/b12-8-. The maximum Gasteiger partial charge on any atom is 0.446 e. The minimum absolute atomic E-state index is 0.135. The summed E-state index contributed by atoms with van der Waals surface area (Å²) < 4.78 is 36.4. The van der Waals surface area contributed by atoms with Gasteiger partial charge in [-0.05, 0) is 49.4 Å². The fraction of sp³-hybridized carbons (Fsp3) is 0.231. The summed E-state index contributed by atoms with van der Waals surface area (Å²) in [4.78, 5) is 0.151. The Balaban J connectivity index is 2.83. The van der Waals surface area contributed by atoms with E-state index in [2.05, 4.69) is 0 Å². The van der Waals surface area contributed by atoms with Gasteiger partial charge in [-0.1, -0.05) is 35.4 Å². The number of hydrogen-bond acceptors (Lipinski definition) is 1. The molecule has 0 amide bonds. The second kappa shape index (κ2) is 6.34. The van der Waals surface area contributed by atoms with Crippen LogP contribution in [0.5, 0.6) is 0 Å². The van der Waals surface area contributed by atoms with E-state index in [-0.39, 0.29) is 16.7 Å². The number of allylic oxidation sites excluding steroid dienone is 3. The highest BCUT2D eigenvalue weighted by molar-refractivity contribution is 8.00. The Hall–Kier alpha value is -0.870. The summed E-state index contributed by atoms with van der Waals surface area (Å²) in [5, 5.41) is 0.500. The number of hydrogen-bond donors (Lipinski definition) is 0. The van der Waals surface area contributed by atoms with Gasteiger partial charge in [0.1, 0.15) is 0 Å². The zero-order valence-corrected chi connectivity index (χ0v) is 11.5. The second-order valence-electron chi connectivity index (χ2n) is 3.83. The molecule has 0 saturated heterocycles. The van der Waals surface area contributed by atoms with E-state index in [1.807, 2.05) is 19.9 Å². The fourth-order valence-corrected chi connectivity index (χ4v) is 1.88. The van der Waals surface area contributed by atoms with E-state index in [9.17, 15) is 13.2 Å². The topological polar surface area (TPSA) is 0 Å². The molecular weight excluding hydrogens is 281 g/mol. The van der Waals surface area contributed by atoms with E-state index >= 15 is 0 Å². The molecule has 1 rings (SSSR count). The quantitative estimate of drug-likeness (QED) is 0.498. The molecule has 0 aromatic heterocycles. The number of alkyl halides is 3. The van der Waals surface area contributed by atoms with E-state index in [0.29, 0.717) is 10.6 Å². The molecule has 1 aromatic rings. The van der Waals surface area contributed by atoms with Gasteiger partial charge in [0.25, 0.3) is 0 Å². The van der Waals surface area contributed by atoms with Crippen molar-refractivity contribution in [2.45, 2.75) is 24.3 Å². The first kappa shape index (κ1) is 15.2. The molecule has 0 nitrogen and oxygen atoms in total. The van der Waals surface area contributed by atoms with E-state index < -0.39 is 5.51 Å². The van der Waals surface area contributed by atoms with Crippen molar-refractivity contribution in [2.24, 2.45) is 0 Å². The monoisotopic (exact) mass is 292 g/mol. The van der Waals surface area contributed by atoms with Crippen LogP contribution in [-0.4, -0.2) is 5.51 Å². The highest BCUT2D eigenvalue weighted by Crippen LogP contribution is 2.37. The predicted octanol–water partition coefficient (Wildman–Crippen LogP) is 5.84. The predicted molar refractivity (Wildman–Crippen MR) is 71.6 cm³/mol. The van der Waals surface area contributed by atoms with Crippen molar-refractivity contribution < 1.29 is 13.2 Å². The summed E-state index contributed by atoms with van der Waals surface area (Å²) in [6.07, 6.45) is 3.57. The van der Waals surface area contributed by atoms with Gasteiger partial charge in [-0.3, -0.25) is 0 Å². The normalized spacial score (nSPS) is 12.4. The first-order chi connectivity index (χ1) is 8.28. The first-order valence-corrected chi connectivity index (χ1v) is 6.34. The Labute approximate surface area is 114 Å². The average Bonchev–Trinajstić information content (AvgIpc) is 2.24. The van der Waals surface area contributed by atoms with E-state index in [1.54, 1.807) is 18.2 Å². The zero-order valence-electron chi connectivity index (χ0n) is 9.88. The molecule has 0 heterocycles. The van der Waals surface area contributed by atoms with Crippen molar-refractivity contribution in [3.8, 4) is 0 Å². The maximum atomic E-state index is 12.1. The summed E-state index contributed by atoms with van der Waals surface area (Å²) in [5.74, 6) is 0. The lowest BCUT2D eigenvalue weighted by atomic mass is 10.2. The van der Waals surface area contributed by atoms with Gasteiger partial charge in [0.15, 0.2) is 0 Å². The third-order valence-corrected chi connectivity index (χ3v) is 3.01. The van der Waals surface area contributed by atoms with Gasteiger partial charge >= 0.3 is 5.51 Å². The van der Waals surface area contributed by atoms with Gasteiger partial charge < -0.3 is 0 Å². The van der Waals surface area contributed by atoms with Gasteiger partial charge in [-0.2, -0.15) is 13.2 Å². The van der Waals surface area contributed by atoms with Crippen LogP contribution in [0.4, 0.5) is 13.2 Å². The maximum absolute atomic E-state index is 12.1. The van der Waals surface area contributed by atoms with Crippen molar-refractivity contribution >= 4 is 28.4 Å². The Kier molecular flexibility index (Phi) is 5.35. The molecule has 0 saturated carbocycles. The first-order valence-electron chi connectivity index (χ1n) is 5.15. The van der Waals surface area contributed by atoms with Crippen molar-refractivity contribution in [1.29, 1.82) is 0 Å². The molecule has 0 N–H and O–H groups in total. The lowest BCUT2D eigenvalue weighted by Crippen LogP contribution is -1.98. The summed E-state index contributed by atoms with van der Waals surface area (Å²) >= 11 is 5.89. The fourth-order valence-electron chi connectivity index (χ4n) is 1.15. The summed E-state index contributed by atoms with van der Waals surface area (Å²) in [7, 11) is 0. The third kappa shape index (κ3) is 5.65. The zero-order chi connectivity index (χ0) is 13.8. The molecule has 5 heteroatoms. The van der Waals surface area contributed by atoms with E-state index in [0.717, 1.165) is 5.57 Å². The molecule has 0 aliphatic carbocycles. The molecule has 0 fully saturated rings. The van der Waals surface area contributed by atoms with Gasteiger partial charge in [-0.25, -0.2) is 0 Å². The SMILES string of the molecule is CC(C)=C/C=C(\Cl)c1ccc(SC(F)(F)F)cc1. The summed E-state index contributed by atoms with van der Waals surface area (Å²) in [6, 6.07) is 5.97. The van der Waals surface area contributed by atoms with Crippen molar-refractivity contribution in [1.82, 2.24) is 0 Å². The molecule has 1 aromatic carbocycles. The van der Waals surface area contributed by atoms with Crippen LogP contribution < -0.4 is 0 Å². The highest BCUT2D eigenvalue weighted by Gasteiger charge is 2.28. The number of thioether (sulfide) groups is 1. The van der Waals surface area contributed by atoms with Gasteiger partial charge in [-0.15, -0.1) is 0 Å². The van der Waals surface area contributed by atoms with Crippen LogP contribution in [-0.2, 0) is 0 Å². The molecule has 0 aliphatic rings. The van der Waals surface area contributed by atoms with Crippen LogP contribution >= 0.6 is 23.4 Å². The van der Waals surface area contributed by atoms with E-state index in [4.69, 9.17) is 11.6 Å². The number of rotatable bonds is 3. The van der Waals surface area contributed by atoms with Crippen LogP contribution in [0.3, 0.4) is 0 Å². The molecule has 98 valence electrons. The van der Waals surface area contributed by atoms with Crippen molar-refractivity contribution in [3.63, 3.8) is 0 Å². The number of benzene rings is 1. The number of halogens is 4. The minimum atomic E-state index is -4.26. The molecular formula is C13H12ClF3S.